The molecule has 0 amide bonds. The summed E-state index contributed by atoms with van der Waals surface area (Å²) in [6.07, 6.45) is -2.56. The van der Waals surface area contributed by atoms with Crippen molar-refractivity contribution in [3.8, 4) is 0 Å². The molecule has 0 aromatic heterocycles. The Balaban J connectivity index is 2.58. The van der Waals surface area contributed by atoms with Crippen molar-refractivity contribution in [2.45, 2.75) is 24.6 Å². The van der Waals surface area contributed by atoms with E-state index in [1.54, 1.807) is 0 Å². The zero-order chi connectivity index (χ0) is 9.14. The summed E-state index contributed by atoms with van der Waals surface area (Å²) in [4.78, 5) is 0. The smallest absolute Gasteiger partial charge is 0.186 e. The highest BCUT2D eigenvalue weighted by atomic mass is 16.7. The van der Waals surface area contributed by atoms with E-state index in [2.05, 4.69) is 0 Å². The quantitative estimate of drug-likeness (QED) is 0.563. The molecular weight excluding hydrogens is 164 g/mol. The molecule has 1 saturated heterocycles. The molecule has 0 spiro atoms. The van der Waals surface area contributed by atoms with Gasteiger partial charge in [-0.1, -0.05) is 0 Å². The maximum absolute atomic E-state index is 9.46. The lowest BCUT2D eigenvalue weighted by Crippen LogP contribution is -2.35. The lowest BCUT2D eigenvalue weighted by Gasteiger charge is -2.16. The van der Waals surface area contributed by atoms with Gasteiger partial charge in [0.25, 0.3) is 0 Å². The van der Waals surface area contributed by atoms with Gasteiger partial charge in [0.15, 0.2) is 6.29 Å². The van der Waals surface area contributed by atoms with Gasteiger partial charge in [0.1, 0.15) is 18.3 Å². The third kappa shape index (κ3) is 1.60. The summed E-state index contributed by atoms with van der Waals surface area (Å²) in [5, 5.41) is 18.2. The van der Waals surface area contributed by atoms with Gasteiger partial charge in [0.05, 0.1) is 6.61 Å². The Kier molecular flexibility index (Phi) is 3.42. The van der Waals surface area contributed by atoms with E-state index in [1.807, 2.05) is 0 Å². The monoisotopic (exact) mass is 178 g/mol. The van der Waals surface area contributed by atoms with Crippen molar-refractivity contribution in [3.05, 3.63) is 0 Å². The van der Waals surface area contributed by atoms with Crippen LogP contribution in [0.5, 0.6) is 0 Å². The molecule has 0 aliphatic carbocycles. The third-order valence-corrected chi connectivity index (χ3v) is 1.98. The second-order valence-electron chi connectivity index (χ2n) is 2.65. The first-order chi connectivity index (χ1) is 5.74. The summed E-state index contributed by atoms with van der Waals surface area (Å²) in [7, 11) is 2.92. The number of hydrogen-bond donors (Lipinski definition) is 2. The van der Waals surface area contributed by atoms with Gasteiger partial charge in [-0.3, -0.25) is 0 Å². The summed E-state index contributed by atoms with van der Waals surface area (Å²) < 4.78 is 15.0. The van der Waals surface area contributed by atoms with E-state index in [1.165, 1.54) is 14.2 Å². The molecule has 72 valence electrons. The fourth-order valence-electron chi connectivity index (χ4n) is 1.29. The molecule has 1 aliphatic heterocycles. The minimum absolute atomic E-state index is 0.235. The molecule has 1 heterocycles. The Morgan fingerprint density at radius 3 is 2.33 bits per heavy atom. The Morgan fingerprint density at radius 2 is 2.00 bits per heavy atom. The van der Waals surface area contributed by atoms with Crippen molar-refractivity contribution in [1.82, 2.24) is 0 Å². The lowest BCUT2D eigenvalue weighted by molar-refractivity contribution is -0.159. The number of aliphatic hydroxyl groups excluding tert-OH is 2. The van der Waals surface area contributed by atoms with Gasteiger partial charge < -0.3 is 24.4 Å². The molecule has 0 bridgehead atoms. The maximum atomic E-state index is 9.46. The van der Waals surface area contributed by atoms with E-state index in [4.69, 9.17) is 19.3 Å². The lowest BCUT2D eigenvalue weighted by atomic mass is 10.1. The SMILES string of the molecule is CO[C@H]1O[C@H](CO)[C@@H](O)[C@@H]1OC. The summed E-state index contributed by atoms with van der Waals surface area (Å²) in [6, 6.07) is 0. The van der Waals surface area contributed by atoms with Crippen LogP contribution in [0.4, 0.5) is 0 Å². The molecule has 1 fully saturated rings. The predicted octanol–water partition coefficient (Wildman–Crippen LogP) is -1.27. The predicted molar refractivity (Wildman–Crippen MR) is 39.6 cm³/mol. The number of ether oxygens (including phenoxy) is 3. The van der Waals surface area contributed by atoms with Crippen LogP contribution in [0.15, 0.2) is 0 Å². The van der Waals surface area contributed by atoms with Gasteiger partial charge in [-0.25, -0.2) is 0 Å². The van der Waals surface area contributed by atoms with Gasteiger partial charge in [-0.05, 0) is 0 Å². The average molecular weight is 178 g/mol. The maximum Gasteiger partial charge on any atom is 0.186 e. The Morgan fingerprint density at radius 1 is 1.33 bits per heavy atom. The van der Waals surface area contributed by atoms with Crippen LogP contribution in [0, 0.1) is 0 Å². The highest BCUT2D eigenvalue weighted by Crippen LogP contribution is 2.23. The molecule has 5 heteroatoms. The van der Waals surface area contributed by atoms with Gasteiger partial charge in [0.2, 0.25) is 0 Å². The van der Waals surface area contributed by atoms with Crippen LogP contribution in [0.2, 0.25) is 0 Å². The normalized spacial score (nSPS) is 42.0. The second-order valence-corrected chi connectivity index (χ2v) is 2.65. The molecule has 2 N–H and O–H groups in total. The van der Waals surface area contributed by atoms with Crippen molar-refractivity contribution in [2.24, 2.45) is 0 Å². The van der Waals surface area contributed by atoms with E-state index in [0.29, 0.717) is 0 Å². The van der Waals surface area contributed by atoms with Gasteiger partial charge in [-0.15, -0.1) is 0 Å². The molecule has 0 saturated carbocycles. The molecule has 4 atom stereocenters. The largest absolute Gasteiger partial charge is 0.394 e. The average Bonchev–Trinajstić information content (AvgIpc) is 2.41. The van der Waals surface area contributed by atoms with Gasteiger partial charge in [0, 0.05) is 14.2 Å². The van der Waals surface area contributed by atoms with E-state index in [9.17, 15) is 5.11 Å². The van der Waals surface area contributed by atoms with Crippen LogP contribution in [0.1, 0.15) is 0 Å². The summed E-state index contributed by atoms with van der Waals surface area (Å²) in [6.45, 7) is -0.235. The van der Waals surface area contributed by atoms with E-state index in [-0.39, 0.29) is 6.61 Å². The van der Waals surface area contributed by atoms with Crippen LogP contribution in [0.25, 0.3) is 0 Å². The van der Waals surface area contributed by atoms with Crippen molar-refractivity contribution in [1.29, 1.82) is 0 Å². The van der Waals surface area contributed by atoms with Crippen molar-refractivity contribution < 1.29 is 24.4 Å². The van der Waals surface area contributed by atoms with Crippen LogP contribution in [0.3, 0.4) is 0 Å². The summed E-state index contributed by atoms with van der Waals surface area (Å²) in [5.74, 6) is 0. The Bertz CT molecular complexity index is 138. The molecule has 12 heavy (non-hydrogen) atoms. The standard InChI is InChI=1S/C7H14O5/c1-10-6-5(9)4(3-8)12-7(6)11-2/h4-9H,3H2,1-2H3/t4-,5-,6+,7+/m1/s1. The van der Waals surface area contributed by atoms with Crippen molar-refractivity contribution in [2.75, 3.05) is 20.8 Å². The van der Waals surface area contributed by atoms with Crippen LogP contribution < -0.4 is 0 Å². The molecule has 0 radical (unpaired) electrons. The molecule has 0 aromatic carbocycles. The summed E-state index contributed by atoms with van der Waals surface area (Å²) in [5.41, 5.74) is 0. The van der Waals surface area contributed by atoms with Crippen molar-refractivity contribution >= 4 is 0 Å². The van der Waals surface area contributed by atoms with Crippen LogP contribution >= 0.6 is 0 Å². The third-order valence-electron chi connectivity index (χ3n) is 1.98. The number of rotatable bonds is 3. The molecule has 1 rings (SSSR count). The number of hydrogen-bond acceptors (Lipinski definition) is 5. The highest BCUT2D eigenvalue weighted by Gasteiger charge is 2.43. The van der Waals surface area contributed by atoms with E-state index >= 15 is 0 Å². The Hall–Kier alpha value is -0.200. The number of methoxy groups -OCH3 is 2. The zero-order valence-corrected chi connectivity index (χ0v) is 7.14. The minimum Gasteiger partial charge on any atom is -0.394 e. The van der Waals surface area contributed by atoms with Gasteiger partial charge >= 0.3 is 0 Å². The van der Waals surface area contributed by atoms with Crippen LogP contribution in [-0.4, -0.2) is 55.6 Å². The molecule has 0 aromatic rings. The Labute approximate surface area is 70.9 Å². The van der Waals surface area contributed by atoms with E-state index < -0.39 is 24.6 Å². The van der Waals surface area contributed by atoms with Crippen molar-refractivity contribution in [3.63, 3.8) is 0 Å². The van der Waals surface area contributed by atoms with E-state index in [0.717, 1.165) is 0 Å². The van der Waals surface area contributed by atoms with Gasteiger partial charge in [-0.2, -0.15) is 0 Å². The zero-order valence-electron chi connectivity index (χ0n) is 7.14. The van der Waals surface area contributed by atoms with Crippen LogP contribution in [-0.2, 0) is 14.2 Å². The highest BCUT2D eigenvalue weighted by molar-refractivity contribution is 4.87. The topological polar surface area (TPSA) is 68.2 Å². The first kappa shape index (κ1) is 9.88. The molecule has 0 unspecified atom stereocenters. The molecule has 1 aliphatic rings. The fraction of sp³-hybridized carbons (Fsp3) is 1.00. The first-order valence-corrected chi connectivity index (χ1v) is 3.74. The fourth-order valence-corrected chi connectivity index (χ4v) is 1.29. The number of aliphatic hydroxyl groups is 2. The molecular formula is C7H14O5. The minimum atomic E-state index is -0.829. The first-order valence-electron chi connectivity index (χ1n) is 3.74. The second kappa shape index (κ2) is 4.15. The summed E-state index contributed by atoms with van der Waals surface area (Å²) >= 11 is 0. The molecule has 5 nitrogen and oxygen atoms in total.